The highest BCUT2D eigenvalue weighted by Crippen LogP contribution is 2.20. The van der Waals surface area contributed by atoms with Crippen molar-refractivity contribution in [1.29, 1.82) is 0 Å². The van der Waals surface area contributed by atoms with Crippen molar-refractivity contribution < 1.29 is 4.79 Å². The highest BCUT2D eigenvalue weighted by Gasteiger charge is 2.23. The number of hydrogen-bond acceptors (Lipinski definition) is 3. The Hall–Kier alpha value is -3.08. The SMILES string of the molecule is Cc1ccc(-n2ccnc2N2CCN(C(=O)CCc3ccccc3)CC2)cc1. The minimum Gasteiger partial charge on any atom is -0.339 e. The van der Waals surface area contributed by atoms with E-state index in [1.54, 1.807) is 0 Å². The first-order chi connectivity index (χ1) is 13.7. The summed E-state index contributed by atoms with van der Waals surface area (Å²) in [6.45, 7) is 5.19. The molecule has 0 saturated carbocycles. The topological polar surface area (TPSA) is 41.4 Å². The first-order valence-electron chi connectivity index (χ1n) is 9.88. The summed E-state index contributed by atoms with van der Waals surface area (Å²) >= 11 is 0. The number of rotatable bonds is 5. The lowest BCUT2D eigenvalue weighted by molar-refractivity contribution is -0.131. The second-order valence-electron chi connectivity index (χ2n) is 7.29. The third-order valence-electron chi connectivity index (χ3n) is 5.32. The largest absolute Gasteiger partial charge is 0.339 e. The van der Waals surface area contributed by atoms with Crippen molar-refractivity contribution in [3.8, 4) is 5.69 Å². The van der Waals surface area contributed by atoms with Gasteiger partial charge in [-0.25, -0.2) is 4.98 Å². The van der Waals surface area contributed by atoms with Gasteiger partial charge < -0.3 is 9.80 Å². The standard InChI is InChI=1S/C23H26N4O/c1-19-7-10-21(11-8-19)27-14-13-24-23(27)26-17-15-25(16-18-26)22(28)12-9-20-5-3-2-4-6-20/h2-8,10-11,13-14H,9,12,15-18H2,1H3. The predicted molar refractivity (Wildman–Crippen MR) is 112 cm³/mol. The van der Waals surface area contributed by atoms with Gasteiger partial charge in [-0.05, 0) is 31.0 Å². The smallest absolute Gasteiger partial charge is 0.223 e. The normalized spacial score (nSPS) is 14.3. The molecule has 2 aromatic carbocycles. The van der Waals surface area contributed by atoms with Crippen LogP contribution in [0.25, 0.3) is 5.69 Å². The Morgan fingerprint density at radius 3 is 2.39 bits per heavy atom. The van der Waals surface area contributed by atoms with Crippen LogP contribution in [0.5, 0.6) is 0 Å². The van der Waals surface area contributed by atoms with Gasteiger partial charge in [0.1, 0.15) is 0 Å². The molecule has 5 nitrogen and oxygen atoms in total. The number of carbonyl (C=O) groups excluding carboxylic acids is 1. The molecule has 144 valence electrons. The van der Waals surface area contributed by atoms with Gasteiger partial charge in [0.2, 0.25) is 11.9 Å². The highest BCUT2D eigenvalue weighted by molar-refractivity contribution is 5.76. The number of anilines is 1. The van der Waals surface area contributed by atoms with E-state index in [0.29, 0.717) is 6.42 Å². The molecule has 0 bridgehead atoms. The van der Waals surface area contributed by atoms with E-state index < -0.39 is 0 Å². The third-order valence-corrected chi connectivity index (χ3v) is 5.32. The number of nitrogens with zero attached hydrogens (tertiary/aromatic N) is 4. The Kier molecular flexibility index (Phi) is 5.42. The Balaban J connectivity index is 1.35. The molecule has 2 heterocycles. The molecule has 3 aromatic rings. The zero-order chi connectivity index (χ0) is 19.3. The van der Waals surface area contributed by atoms with Gasteiger partial charge in [0, 0.05) is 50.7 Å². The zero-order valence-corrected chi connectivity index (χ0v) is 16.3. The van der Waals surface area contributed by atoms with Crippen LogP contribution in [0.2, 0.25) is 0 Å². The van der Waals surface area contributed by atoms with E-state index >= 15 is 0 Å². The van der Waals surface area contributed by atoms with Crippen LogP contribution in [-0.4, -0.2) is 46.5 Å². The zero-order valence-electron chi connectivity index (χ0n) is 16.3. The van der Waals surface area contributed by atoms with E-state index in [4.69, 9.17) is 0 Å². The van der Waals surface area contributed by atoms with Crippen LogP contribution in [0.15, 0.2) is 67.0 Å². The van der Waals surface area contributed by atoms with Crippen LogP contribution in [0, 0.1) is 6.92 Å². The lowest BCUT2D eigenvalue weighted by Gasteiger charge is -2.35. The lowest BCUT2D eigenvalue weighted by Crippen LogP contribution is -2.49. The maximum absolute atomic E-state index is 12.6. The fraction of sp³-hybridized carbons (Fsp3) is 0.304. The average molecular weight is 374 g/mol. The number of aromatic nitrogens is 2. The first kappa shape index (κ1) is 18.3. The maximum Gasteiger partial charge on any atom is 0.223 e. The number of hydrogen-bond donors (Lipinski definition) is 0. The van der Waals surface area contributed by atoms with Crippen molar-refractivity contribution in [3.05, 3.63) is 78.1 Å². The molecule has 1 saturated heterocycles. The Bertz CT molecular complexity index is 909. The number of aryl methyl sites for hydroxylation is 2. The molecule has 0 unspecified atom stereocenters. The summed E-state index contributed by atoms with van der Waals surface area (Å²) < 4.78 is 2.12. The van der Waals surface area contributed by atoms with Crippen molar-refractivity contribution in [2.75, 3.05) is 31.1 Å². The Morgan fingerprint density at radius 1 is 0.964 bits per heavy atom. The van der Waals surface area contributed by atoms with E-state index in [1.807, 2.05) is 35.5 Å². The second kappa shape index (κ2) is 8.30. The Labute approximate surface area is 166 Å². The minimum atomic E-state index is 0.241. The van der Waals surface area contributed by atoms with Gasteiger partial charge in [0.25, 0.3) is 0 Å². The number of piperazine rings is 1. The van der Waals surface area contributed by atoms with Gasteiger partial charge in [-0.2, -0.15) is 0 Å². The fourth-order valence-corrected chi connectivity index (χ4v) is 3.65. The Morgan fingerprint density at radius 2 is 1.68 bits per heavy atom. The molecule has 0 spiro atoms. The van der Waals surface area contributed by atoms with Crippen molar-refractivity contribution in [1.82, 2.24) is 14.5 Å². The molecular weight excluding hydrogens is 348 g/mol. The summed E-state index contributed by atoms with van der Waals surface area (Å²) in [5, 5.41) is 0. The molecule has 1 aliphatic rings. The van der Waals surface area contributed by atoms with Crippen LogP contribution in [0.1, 0.15) is 17.5 Å². The van der Waals surface area contributed by atoms with Crippen molar-refractivity contribution >= 4 is 11.9 Å². The van der Waals surface area contributed by atoms with E-state index in [0.717, 1.165) is 44.2 Å². The number of benzene rings is 2. The predicted octanol–water partition coefficient (Wildman–Crippen LogP) is 3.46. The summed E-state index contributed by atoms with van der Waals surface area (Å²) in [5.74, 6) is 1.19. The summed E-state index contributed by atoms with van der Waals surface area (Å²) in [5.41, 5.74) is 3.57. The van der Waals surface area contributed by atoms with Crippen LogP contribution in [0.4, 0.5) is 5.95 Å². The highest BCUT2D eigenvalue weighted by atomic mass is 16.2. The van der Waals surface area contributed by atoms with E-state index in [1.165, 1.54) is 11.1 Å². The number of imidazole rings is 1. The molecule has 1 fully saturated rings. The molecule has 1 aliphatic heterocycles. The number of carbonyl (C=O) groups is 1. The van der Waals surface area contributed by atoms with Gasteiger partial charge in [-0.15, -0.1) is 0 Å². The molecule has 1 aromatic heterocycles. The second-order valence-corrected chi connectivity index (χ2v) is 7.29. The van der Waals surface area contributed by atoms with Gasteiger partial charge in [0.05, 0.1) is 0 Å². The fourth-order valence-electron chi connectivity index (χ4n) is 3.65. The molecule has 4 rings (SSSR count). The minimum absolute atomic E-state index is 0.241. The maximum atomic E-state index is 12.6. The molecule has 28 heavy (non-hydrogen) atoms. The average Bonchev–Trinajstić information content (AvgIpc) is 3.23. The van der Waals surface area contributed by atoms with E-state index in [9.17, 15) is 4.79 Å². The summed E-state index contributed by atoms with van der Waals surface area (Å²) in [4.78, 5) is 21.4. The quantitative estimate of drug-likeness (QED) is 0.687. The van der Waals surface area contributed by atoms with E-state index in [2.05, 4.69) is 57.8 Å². The number of amides is 1. The lowest BCUT2D eigenvalue weighted by atomic mass is 10.1. The van der Waals surface area contributed by atoms with Crippen molar-refractivity contribution in [3.63, 3.8) is 0 Å². The van der Waals surface area contributed by atoms with Crippen molar-refractivity contribution in [2.24, 2.45) is 0 Å². The van der Waals surface area contributed by atoms with Gasteiger partial charge in [0.15, 0.2) is 0 Å². The van der Waals surface area contributed by atoms with Crippen LogP contribution in [0.3, 0.4) is 0 Å². The van der Waals surface area contributed by atoms with Crippen molar-refractivity contribution in [2.45, 2.75) is 19.8 Å². The monoisotopic (exact) mass is 374 g/mol. The molecule has 1 amide bonds. The van der Waals surface area contributed by atoms with Gasteiger partial charge in [-0.1, -0.05) is 48.0 Å². The van der Waals surface area contributed by atoms with Gasteiger partial charge >= 0.3 is 0 Å². The molecular formula is C23H26N4O. The van der Waals surface area contributed by atoms with Crippen LogP contribution in [-0.2, 0) is 11.2 Å². The third kappa shape index (κ3) is 4.09. The summed E-state index contributed by atoms with van der Waals surface area (Å²) in [6.07, 6.45) is 5.21. The molecule has 0 aliphatic carbocycles. The molecule has 0 radical (unpaired) electrons. The van der Waals surface area contributed by atoms with Crippen LogP contribution >= 0.6 is 0 Å². The molecule has 0 N–H and O–H groups in total. The molecule has 5 heteroatoms. The van der Waals surface area contributed by atoms with Gasteiger partial charge in [-0.3, -0.25) is 9.36 Å². The summed E-state index contributed by atoms with van der Waals surface area (Å²) in [6, 6.07) is 18.7. The van der Waals surface area contributed by atoms with Crippen LogP contribution < -0.4 is 4.90 Å². The molecule has 0 atom stereocenters. The van der Waals surface area contributed by atoms with E-state index in [-0.39, 0.29) is 5.91 Å². The first-order valence-corrected chi connectivity index (χ1v) is 9.88. The summed E-state index contributed by atoms with van der Waals surface area (Å²) in [7, 11) is 0.